The molecule has 0 spiro atoms. The molecule has 0 aliphatic rings. The van der Waals surface area contributed by atoms with E-state index in [1.165, 1.54) is 12.1 Å². The first-order valence-electron chi connectivity index (χ1n) is 8.29. The Hall–Kier alpha value is -2.43. The fourth-order valence-corrected chi connectivity index (χ4v) is 2.86. The van der Waals surface area contributed by atoms with Crippen LogP contribution in [0.1, 0.15) is 11.1 Å². The molecule has 0 heterocycles. The molecule has 0 bridgehead atoms. The van der Waals surface area contributed by atoms with Gasteiger partial charge in [-0.2, -0.15) is 0 Å². The van der Waals surface area contributed by atoms with Gasteiger partial charge in [-0.3, -0.25) is 0 Å². The van der Waals surface area contributed by atoms with Crippen molar-refractivity contribution in [3.63, 3.8) is 0 Å². The third kappa shape index (κ3) is 5.06. The second-order valence-electron chi connectivity index (χ2n) is 5.85. The quantitative estimate of drug-likeness (QED) is 0.497. The van der Waals surface area contributed by atoms with Crippen LogP contribution in [0, 0.1) is 5.82 Å². The summed E-state index contributed by atoms with van der Waals surface area (Å²) in [6.07, 6.45) is 0. The van der Waals surface area contributed by atoms with Gasteiger partial charge in [-0.15, -0.1) is 0 Å². The third-order valence-electron chi connectivity index (χ3n) is 3.98. The van der Waals surface area contributed by atoms with Gasteiger partial charge in [0.05, 0.1) is 17.2 Å². The molecule has 6 heteroatoms. The van der Waals surface area contributed by atoms with E-state index in [1.807, 2.05) is 24.3 Å². The van der Waals surface area contributed by atoms with Gasteiger partial charge in [-0.05, 0) is 42.0 Å². The lowest BCUT2D eigenvalue weighted by atomic mass is 10.1. The van der Waals surface area contributed by atoms with Crippen LogP contribution in [0.3, 0.4) is 0 Å². The van der Waals surface area contributed by atoms with Crippen LogP contribution in [0.4, 0.5) is 10.1 Å². The van der Waals surface area contributed by atoms with Crippen LogP contribution in [0.2, 0.25) is 10.0 Å². The first-order chi connectivity index (χ1) is 13.1. The normalized spacial score (nSPS) is 10.5. The molecule has 0 amide bonds. The van der Waals surface area contributed by atoms with E-state index in [9.17, 15) is 4.39 Å². The van der Waals surface area contributed by atoms with Crippen LogP contribution in [0.5, 0.6) is 11.5 Å². The lowest BCUT2D eigenvalue weighted by molar-refractivity contribution is 0.281. The molecule has 0 aromatic heterocycles. The highest BCUT2D eigenvalue weighted by atomic mass is 35.5. The number of benzene rings is 3. The maximum absolute atomic E-state index is 13.1. The summed E-state index contributed by atoms with van der Waals surface area (Å²) >= 11 is 12.0. The highest BCUT2D eigenvalue weighted by Gasteiger charge is 2.11. The van der Waals surface area contributed by atoms with Gasteiger partial charge in [0, 0.05) is 17.8 Å². The van der Waals surface area contributed by atoms with E-state index in [0.717, 1.165) is 16.8 Å². The Morgan fingerprint density at radius 3 is 2.44 bits per heavy atom. The van der Waals surface area contributed by atoms with Crippen molar-refractivity contribution in [1.82, 2.24) is 0 Å². The van der Waals surface area contributed by atoms with Crippen molar-refractivity contribution in [3.8, 4) is 11.5 Å². The van der Waals surface area contributed by atoms with Crippen molar-refractivity contribution in [3.05, 3.63) is 87.7 Å². The molecule has 140 valence electrons. The van der Waals surface area contributed by atoms with Crippen LogP contribution in [-0.4, -0.2) is 7.11 Å². The topological polar surface area (TPSA) is 30.5 Å². The molecular formula is C21H18Cl2FNO2. The molecule has 3 rings (SSSR count). The summed E-state index contributed by atoms with van der Waals surface area (Å²) < 4.78 is 24.5. The molecule has 0 saturated carbocycles. The maximum atomic E-state index is 13.1. The zero-order valence-electron chi connectivity index (χ0n) is 14.6. The predicted molar refractivity (Wildman–Crippen MR) is 108 cm³/mol. The first-order valence-corrected chi connectivity index (χ1v) is 9.04. The fourth-order valence-electron chi connectivity index (χ4n) is 2.56. The van der Waals surface area contributed by atoms with Crippen LogP contribution in [0.25, 0.3) is 0 Å². The summed E-state index contributed by atoms with van der Waals surface area (Å²) in [4.78, 5) is 0. The molecule has 0 aliphatic carbocycles. The lowest BCUT2D eigenvalue weighted by Gasteiger charge is -2.16. The van der Waals surface area contributed by atoms with E-state index in [0.29, 0.717) is 34.7 Å². The van der Waals surface area contributed by atoms with Crippen molar-refractivity contribution in [2.75, 3.05) is 12.4 Å². The predicted octanol–water partition coefficient (Wildman–Crippen LogP) is 6.33. The number of methoxy groups -OCH3 is 1. The average molecular weight is 406 g/mol. The zero-order chi connectivity index (χ0) is 19.2. The van der Waals surface area contributed by atoms with Crippen LogP contribution < -0.4 is 14.8 Å². The van der Waals surface area contributed by atoms with E-state index < -0.39 is 0 Å². The minimum atomic E-state index is -0.275. The van der Waals surface area contributed by atoms with E-state index in [1.54, 1.807) is 31.4 Å². The van der Waals surface area contributed by atoms with E-state index in [4.69, 9.17) is 32.7 Å². The molecule has 27 heavy (non-hydrogen) atoms. The van der Waals surface area contributed by atoms with E-state index in [2.05, 4.69) is 5.32 Å². The molecule has 0 fully saturated rings. The van der Waals surface area contributed by atoms with E-state index >= 15 is 0 Å². The second-order valence-corrected chi connectivity index (χ2v) is 6.66. The minimum Gasteiger partial charge on any atom is -0.493 e. The van der Waals surface area contributed by atoms with Crippen molar-refractivity contribution in [2.45, 2.75) is 13.2 Å². The van der Waals surface area contributed by atoms with Crippen molar-refractivity contribution < 1.29 is 13.9 Å². The smallest absolute Gasteiger partial charge is 0.166 e. The molecule has 0 unspecified atom stereocenters. The van der Waals surface area contributed by atoms with Crippen molar-refractivity contribution in [2.24, 2.45) is 0 Å². The highest BCUT2D eigenvalue weighted by molar-refractivity contribution is 6.42. The second kappa shape index (κ2) is 8.98. The van der Waals surface area contributed by atoms with Crippen molar-refractivity contribution >= 4 is 28.9 Å². The number of hydrogen-bond acceptors (Lipinski definition) is 3. The molecule has 3 aromatic carbocycles. The summed E-state index contributed by atoms with van der Waals surface area (Å²) in [7, 11) is 1.59. The Kier molecular flexibility index (Phi) is 6.43. The summed E-state index contributed by atoms with van der Waals surface area (Å²) in [5.74, 6) is 0.991. The zero-order valence-corrected chi connectivity index (χ0v) is 16.1. The van der Waals surface area contributed by atoms with Gasteiger partial charge in [0.25, 0.3) is 0 Å². The Morgan fingerprint density at radius 2 is 1.74 bits per heavy atom. The Morgan fingerprint density at radius 1 is 0.963 bits per heavy atom. The number of ether oxygens (including phenoxy) is 2. The summed E-state index contributed by atoms with van der Waals surface area (Å²) in [6.45, 7) is 0.814. The summed E-state index contributed by atoms with van der Waals surface area (Å²) in [5, 5.41) is 4.29. The number of para-hydroxylation sites is 1. The SMILES string of the molecule is COc1cccc(CNc2ccc(Cl)c(Cl)c2)c1OCc1ccc(F)cc1. The molecule has 0 radical (unpaired) electrons. The Balaban J connectivity index is 1.76. The van der Waals surface area contributed by atoms with Gasteiger partial charge < -0.3 is 14.8 Å². The van der Waals surface area contributed by atoms with Gasteiger partial charge in [0.2, 0.25) is 0 Å². The number of hydrogen-bond donors (Lipinski definition) is 1. The molecule has 0 aliphatic heterocycles. The third-order valence-corrected chi connectivity index (χ3v) is 4.72. The molecule has 0 saturated heterocycles. The summed E-state index contributed by atoms with van der Waals surface area (Å²) in [5.41, 5.74) is 2.63. The number of nitrogens with one attached hydrogen (secondary N) is 1. The van der Waals surface area contributed by atoms with Gasteiger partial charge in [-0.25, -0.2) is 4.39 Å². The lowest BCUT2D eigenvalue weighted by Crippen LogP contribution is -2.05. The van der Waals surface area contributed by atoms with Gasteiger partial charge in [-0.1, -0.05) is 47.5 Å². The molecular weight excluding hydrogens is 388 g/mol. The van der Waals surface area contributed by atoms with Crippen LogP contribution in [0.15, 0.2) is 60.7 Å². The monoisotopic (exact) mass is 405 g/mol. The molecule has 3 aromatic rings. The molecule has 1 N–H and O–H groups in total. The van der Waals surface area contributed by atoms with Gasteiger partial charge in [0.15, 0.2) is 11.5 Å². The largest absolute Gasteiger partial charge is 0.493 e. The Bertz CT molecular complexity index is 917. The van der Waals surface area contributed by atoms with Gasteiger partial charge in [0.1, 0.15) is 12.4 Å². The fraction of sp³-hybridized carbons (Fsp3) is 0.143. The maximum Gasteiger partial charge on any atom is 0.166 e. The number of rotatable bonds is 7. The van der Waals surface area contributed by atoms with Crippen LogP contribution >= 0.6 is 23.2 Å². The summed E-state index contributed by atoms with van der Waals surface area (Å²) in [6, 6.07) is 17.3. The average Bonchev–Trinajstić information content (AvgIpc) is 2.68. The minimum absolute atomic E-state index is 0.275. The molecule has 0 atom stereocenters. The standard InChI is InChI=1S/C21H18Cl2FNO2/c1-26-20-4-2-3-15(12-25-17-9-10-18(22)19(23)11-17)21(20)27-13-14-5-7-16(24)8-6-14/h2-11,25H,12-13H2,1H3. The van der Waals surface area contributed by atoms with Crippen LogP contribution in [-0.2, 0) is 13.2 Å². The van der Waals surface area contributed by atoms with Gasteiger partial charge >= 0.3 is 0 Å². The number of anilines is 1. The number of halogens is 3. The molecule has 3 nitrogen and oxygen atoms in total. The first kappa shape index (κ1) is 19.3. The van der Waals surface area contributed by atoms with Crippen molar-refractivity contribution in [1.29, 1.82) is 0 Å². The Labute approximate surface area is 167 Å². The van der Waals surface area contributed by atoms with E-state index in [-0.39, 0.29) is 5.82 Å². The highest BCUT2D eigenvalue weighted by Crippen LogP contribution is 2.33.